The Morgan fingerprint density at radius 3 is 2.65 bits per heavy atom. The summed E-state index contributed by atoms with van der Waals surface area (Å²) >= 11 is 0. The highest BCUT2D eigenvalue weighted by molar-refractivity contribution is 5.97. The van der Waals surface area contributed by atoms with E-state index >= 15 is 0 Å². The van der Waals surface area contributed by atoms with Crippen LogP contribution in [0.4, 0.5) is 0 Å². The van der Waals surface area contributed by atoms with Crippen molar-refractivity contribution >= 4 is 16.9 Å². The van der Waals surface area contributed by atoms with Gasteiger partial charge < -0.3 is 9.15 Å². The number of ether oxygens (including phenoxy) is 1. The lowest BCUT2D eigenvalue weighted by atomic mass is 10.1. The number of oxazole rings is 1. The molecule has 0 unspecified atom stereocenters. The van der Waals surface area contributed by atoms with Crippen LogP contribution in [0.25, 0.3) is 11.1 Å². The second kappa shape index (κ2) is 7.09. The van der Waals surface area contributed by atoms with E-state index in [-0.39, 0.29) is 12.2 Å². The third-order valence-electron chi connectivity index (χ3n) is 3.59. The molecule has 1 heterocycles. The van der Waals surface area contributed by atoms with E-state index in [1.54, 1.807) is 12.1 Å². The van der Waals surface area contributed by atoms with E-state index in [9.17, 15) is 4.79 Å². The highest BCUT2D eigenvalue weighted by Crippen LogP contribution is 2.18. The molecule has 0 spiro atoms. The molecule has 0 atom stereocenters. The van der Waals surface area contributed by atoms with Crippen molar-refractivity contribution in [2.75, 3.05) is 6.61 Å². The van der Waals surface area contributed by atoms with Crippen molar-refractivity contribution in [2.24, 2.45) is 0 Å². The molecular weight excluding hydrogens is 290 g/mol. The Bertz CT molecular complexity index is 757. The van der Waals surface area contributed by atoms with Crippen LogP contribution in [-0.4, -0.2) is 17.4 Å². The minimum absolute atomic E-state index is 0.0170. The van der Waals surface area contributed by atoms with Crippen molar-refractivity contribution in [3.8, 4) is 5.75 Å². The van der Waals surface area contributed by atoms with Gasteiger partial charge in [-0.2, -0.15) is 0 Å². The van der Waals surface area contributed by atoms with Crippen LogP contribution < -0.4 is 4.74 Å². The van der Waals surface area contributed by atoms with Crippen LogP contribution in [0.1, 0.15) is 36.0 Å². The SMILES string of the molecule is CCCCOc1ccc(C(=O)Cc2nc3ccccc3o2)cc1. The van der Waals surface area contributed by atoms with Crippen LogP contribution in [0.5, 0.6) is 5.75 Å². The van der Waals surface area contributed by atoms with Gasteiger partial charge in [0.15, 0.2) is 11.4 Å². The number of hydrogen-bond donors (Lipinski definition) is 0. The summed E-state index contributed by atoms with van der Waals surface area (Å²) in [6.45, 7) is 2.82. The predicted octanol–water partition coefficient (Wildman–Crippen LogP) is 4.43. The van der Waals surface area contributed by atoms with E-state index in [4.69, 9.17) is 9.15 Å². The van der Waals surface area contributed by atoms with Gasteiger partial charge in [0.1, 0.15) is 11.3 Å². The van der Waals surface area contributed by atoms with Gasteiger partial charge in [-0.15, -0.1) is 0 Å². The number of aromatic nitrogens is 1. The van der Waals surface area contributed by atoms with Gasteiger partial charge in [0, 0.05) is 5.56 Å². The van der Waals surface area contributed by atoms with Crippen molar-refractivity contribution in [2.45, 2.75) is 26.2 Å². The van der Waals surface area contributed by atoms with E-state index in [1.165, 1.54) is 0 Å². The maximum Gasteiger partial charge on any atom is 0.203 e. The fourth-order valence-electron chi connectivity index (χ4n) is 2.31. The van der Waals surface area contributed by atoms with Gasteiger partial charge in [0.05, 0.1) is 13.0 Å². The van der Waals surface area contributed by atoms with E-state index in [1.807, 2.05) is 36.4 Å². The Kier molecular flexibility index (Phi) is 4.71. The van der Waals surface area contributed by atoms with Crippen molar-refractivity contribution < 1.29 is 13.9 Å². The average molecular weight is 309 g/mol. The summed E-state index contributed by atoms with van der Waals surface area (Å²) < 4.78 is 11.2. The third-order valence-corrected chi connectivity index (χ3v) is 3.59. The minimum atomic E-state index is -0.0170. The number of Topliss-reactive ketones (excluding diaryl/α,β-unsaturated/α-hetero) is 1. The van der Waals surface area contributed by atoms with Crippen LogP contribution in [-0.2, 0) is 6.42 Å². The van der Waals surface area contributed by atoms with Crippen molar-refractivity contribution in [3.63, 3.8) is 0 Å². The summed E-state index contributed by atoms with van der Waals surface area (Å²) in [6.07, 6.45) is 2.28. The highest BCUT2D eigenvalue weighted by Gasteiger charge is 2.12. The number of carbonyl (C=O) groups is 1. The smallest absolute Gasteiger partial charge is 0.203 e. The lowest BCUT2D eigenvalue weighted by Crippen LogP contribution is -2.04. The van der Waals surface area contributed by atoms with E-state index in [0.29, 0.717) is 23.6 Å². The van der Waals surface area contributed by atoms with Crippen LogP contribution in [0.2, 0.25) is 0 Å². The summed E-state index contributed by atoms with van der Waals surface area (Å²) in [5, 5.41) is 0. The number of nitrogens with zero attached hydrogens (tertiary/aromatic N) is 1. The molecule has 0 fully saturated rings. The van der Waals surface area contributed by atoms with Gasteiger partial charge in [0.2, 0.25) is 5.89 Å². The summed E-state index contributed by atoms with van der Waals surface area (Å²) in [6, 6.07) is 14.7. The normalized spacial score (nSPS) is 10.8. The molecule has 3 aromatic rings. The molecule has 0 aliphatic carbocycles. The molecule has 0 saturated heterocycles. The lowest BCUT2D eigenvalue weighted by Gasteiger charge is -2.05. The summed E-state index contributed by atoms with van der Waals surface area (Å²) in [5.74, 6) is 1.22. The third kappa shape index (κ3) is 3.77. The molecule has 23 heavy (non-hydrogen) atoms. The van der Waals surface area contributed by atoms with E-state index in [2.05, 4.69) is 11.9 Å². The van der Waals surface area contributed by atoms with Crippen LogP contribution in [0.15, 0.2) is 52.9 Å². The zero-order valence-corrected chi connectivity index (χ0v) is 13.1. The Morgan fingerprint density at radius 1 is 1.13 bits per heavy atom. The number of rotatable bonds is 7. The minimum Gasteiger partial charge on any atom is -0.494 e. The van der Waals surface area contributed by atoms with Crippen LogP contribution >= 0.6 is 0 Å². The number of fused-ring (bicyclic) bond motifs is 1. The van der Waals surface area contributed by atoms with Crippen molar-refractivity contribution in [1.82, 2.24) is 4.98 Å². The molecule has 0 bridgehead atoms. The highest BCUT2D eigenvalue weighted by atomic mass is 16.5. The summed E-state index contributed by atoms with van der Waals surface area (Å²) in [4.78, 5) is 16.7. The monoisotopic (exact) mass is 309 g/mol. The Hall–Kier alpha value is -2.62. The maximum absolute atomic E-state index is 12.3. The fraction of sp³-hybridized carbons (Fsp3) is 0.263. The molecule has 2 aromatic carbocycles. The zero-order chi connectivity index (χ0) is 16.1. The molecule has 0 aliphatic rings. The van der Waals surface area contributed by atoms with Gasteiger partial charge >= 0.3 is 0 Å². The van der Waals surface area contributed by atoms with Crippen molar-refractivity contribution in [3.05, 3.63) is 60.0 Å². The van der Waals surface area contributed by atoms with Gasteiger partial charge in [-0.25, -0.2) is 4.98 Å². The number of para-hydroxylation sites is 2. The fourth-order valence-corrected chi connectivity index (χ4v) is 2.31. The molecule has 3 rings (SSSR count). The molecule has 0 N–H and O–H groups in total. The molecule has 118 valence electrons. The number of unbranched alkanes of at least 4 members (excludes halogenated alkanes) is 1. The van der Waals surface area contributed by atoms with Crippen molar-refractivity contribution in [1.29, 1.82) is 0 Å². The largest absolute Gasteiger partial charge is 0.494 e. The molecule has 0 amide bonds. The molecule has 4 heteroatoms. The Balaban J connectivity index is 1.65. The summed E-state index contributed by atoms with van der Waals surface area (Å²) in [5.41, 5.74) is 2.11. The van der Waals surface area contributed by atoms with Gasteiger partial charge in [-0.05, 0) is 42.8 Å². The average Bonchev–Trinajstić information content (AvgIpc) is 2.98. The zero-order valence-electron chi connectivity index (χ0n) is 13.1. The number of hydrogen-bond acceptors (Lipinski definition) is 4. The molecule has 4 nitrogen and oxygen atoms in total. The first-order valence-electron chi connectivity index (χ1n) is 7.87. The molecule has 1 aromatic heterocycles. The lowest BCUT2D eigenvalue weighted by molar-refractivity contribution is 0.0986. The molecular formula is C19H19NO3. The molecule has 0 saturated carbocycles. The maximum atomic E-state index is 12.3. The van der Waals surface area contributed by atoms with E-state index in [0.717, 1.165) is 24.1 Å². The quantitative estimate of drug-likeness (QED) is 0.478. The standard InChI is InChI=1S/C19H19NO3/c1-2-3-12-22-15-10-8-14(9-11-15)17(21)13-19-20-16-6-4-5-7-18(16)23-19/h4-11H,2-3,12-13H2,1H3. The number of ketones is 1. The first kappa shape index (κ1) is 15.3. The van der Waals surface area contributed by atoms with E-state index < -0.39 is 0 Å². The van der Waals surface area contributed by atoms with Gasteiger partial charge in [0.25, 0.3) is 0 Å². The molecule has 0 radical (unpaired) electrons. The summed E-state index contributed by atoms with van der Waals surface area (Å²) in [7, 11) is 0. The molecule has 0 aliphatic heterocycles. The number of benzene rings is 2. The topological polar surface area (TPSA) is 52.3 Å². The van der Waals surface area contributed by atoms with Crippen LogP contribution in [0.3, 0.4) is 0 Å². The second-order valence-electron chi connectivity index (χ2n) is 5.40. The number of carbonyl (C=O) groups excluding carboxylic acids is 1. The predicted molar refractivity (Wildman–Crippen MR) is 88.9 cm³/mol. The first-order valence-corrected chi connectivity index (χ1v) is 7.87. The Labute approximate surface area is 135 Å². The second-order valence-corrected chi connectivity index (χ2v) is 5.40. The van der Waals surface area contributed by atoms with Crippen LogP contribution in [0, 0.1) is 0 Å². The Morgan fingerprint density at radius 2 is 1.91 bits per heavy atom. The van der Waals surface area contributed by atoms with Gasteiger partial charge in [-0.3, -0.25) is 4.79 Å². The first-order chi connectivity index (χ1) is 11.3. The van der Waals surface area contributed by atoms with Gasteiger partial charge in [-0.1, -0.05) is 25.5 Å².